The summed E-state index contributed by atoms with van der Waals surface area (Å²) in [5, 5.41) is 0. The summed E-state index contributed by atoms with van der Waals surface area (Å²) >= 11 is 0. The Labute approximate surface area is 41.0 Å². The van der Waals surface area contributed by atoms with Crippen molar-refractivity contribution >= 4 is 9.39 Å². The summed E-state index contributed by atoms with van der Waals surface area (Å²) in [7, 11) is 2.68. The highest BCUT2D eigenvalue weighted by Gasteiger charge is 2.16. The van der Waals surface area contributed by atoms with E-state index >= 15 is 0 Å². The first-order valence-electron chi connectivity index (χ1n) is 2.28. The van der Waals surface area contributed by atoms with Crippen molar-refractivity contribution in [2.45, 2.75) is 6.92 Å². The lowest BCUT2D eigenvalue weighted by atomic mass is 10.1. The average Bonchev–Trinajstić information content (AvgIpc) is 1.33. The third kappa shape index (κ3) is 0.717. The third-order valence-electron chi connectivity index (χ3n) is 1.09. The first-order chi connectivity index (χ1) is 2.79. The molecule has 1 heterocycles. The molecule has 0 aliphatic carbocycles. The topological polar surface area (TPSA) is 3.24 Å². The zero-order valence-corrected chi connectivity index (χ0v) is 5.17. The van der Waals surface area contributed by atoms with Crippen LogP contribution in [0.1, 0.15) is 6.92 Å². The van der Waals surface area contributed by atoms with Gasteiger partial charge in [-0.15, -0.1) is 0 Å². The number of hydrogen-bond donors (Lipinski definition) is 0. The molecule has 36 valence electrons. The standard InChI is InChI=1S/C4H10NP/c1-4-2-5(6)3-4/h4H,2-3,6H2,1H3. The number of rotatable bonds is 0. The van der Waals surface area contributed by atoms with Gasteiger partial charge in [-0.3, -0.25) is 4.67 Å². The van der Waals surface area contributed by atoms with Crippen LogP contribution in [-0.2, 0) is 0 Å². The van der Waals surface area contributed by atoms with E-state index in [1.807, 2.05) is 0 Å². The first kappa shape index (κ1) is 4.55. The predicted octanol–water partition coefficient (Wildman–Crippen LogP) is 0.728. The van der Waals surface area contributed by atoms with Crippen LogP contribution in [0.15, 0.2) is 0 Å². The summed E-state index contributed by atoms with van der Waals surface area (Å²) in [6.45, 7) is 4.80. The average molecular weight is 103 g/mol. The smallest absolute Gasteiger partial charge is 0.00543 e. The van der Waals surface area contributed by atoms with Gasteiger partial charge in [-0.25, -0.2) is 0 Å². The van der Waals surface area contributed by atoms with Crippen LogP contribution in [0.2, 0.25) is 0 Å². The third-order valence-corrected chi connectivity index (χ3v) is 1.51. The van der Waals surface area contributed by atoms with Crippen molar-refractivity contribution < 1.29 is 0 Å². The highest BCUT2D eigenvalue weighted by molar-refractivity contribution is 7.13. The van der Waals surface area contributed by atoms with Crippen LogP contribution in [0.5, 0.6) is 0 Å². The fraction of sp³-hybridized carbons (Fsp3) is 1.00. The van der Waals surface area contributed by atoms with Gasteiger partial charge in [-0.1, -0.05) is 16.3 Å². The molecule has 0 aromatic carbocycles. The van der Waals surface area contributed by atoms with Gasteiger partial charge in [0.15, 0.2) is 0 Å². The van der Waals surface area contributed by atoms with Crippen molar-refractivity contribution in [3.8, 4) is 0 Å². The van der Waals surface area contributed by atoms with Gasteiger partial charge in [0.1, 0.15) is 0 Å². The Morgan fingerprint density at radius 1 is 1.67 bits per heavy atom. The van der Waals surface area contributed by atoms with Crippen LogP contribution < -0.4 is 0 Å². The normalized spacial score (nSPS) is 27.0. The van der Waals surface area contributed by atoms with Crippen LogP contribution >= 0.6 is 9.39 Å². The predicted molar refractivity (Wildman–Crippen MR) is 30.4 cm³/mol. The summed E-state index contributed by atoms with van der Waals surface area (Å²) in [4.78, 5) is 0. The fourth-order valence-electron chi connectivity index (χ4n) is 0.747. The summed E-state index contributed by atoms with van der Waals surface area (Å²) in [6.07, 6.45) is 0. The highest BCUT2D eigenvalue weighted by atomic mass is 31.0. The summed E-state index contributed by atoms with van der Waals surface area (Å²) in [5.74, 6) is 0.947. The Hall–Kier alpha value is 0.390. The Morgan fingerprint density at radius 2 is 2.17 bits per heavy atom. The highest BCUT2D eigenvalue weighted by Crippen LogP contribution is 2.17. The van der Waals surface area contributed by atoms with E-state index in [4.69, 9.17) is 0 Å². The minimum Gasteiger partial charge on any atom is -0.287 e. The maximum atomic E-state index is 2.68. The van der Waals surface area contributed by atoms with Gasteiger partial charge in [-0.2, -0.15) is 0 Å². The summed E-state index contributed by atoms with van der Waals surface area (Å²) in [6, 6.07) is 0. The molecule has 0 bridgehead atoms. The van der Waals surface area contributed by atoms with Crippen molar-refractivity contribution in [1.29, 1.82) is 0 Å². The Bertz CT molecular complexity index is 43.5. The second-order valence-corrected chi connectivity index (χ2v) is 2.79. The largest absolute Gasteiger partial charge is 0.287 e. The lowest BCUT2D eigenvalue weighted by Gasteiger charge is -2.32. The number of hydrogen-bond acceptors (Lipinski definition) is 1. The van der Waals surface area contributed by atoms with Crippen molar-refractivity contribution in [1.82, 2.24) is 4.67 Å². The lowest BCUT2D eigenvalue weighted by Crippen LogP contribution is -2.37. The molecule has 1 atom stereocenters. The Kier molecular flexibility index (Phi) is 1.12. The summed E-state index contributed by atoms with van der Waals surface area (Å²) in [5.41, 5.74) is 0. The Morgan fingerprint density at radius 3 is 2.17 bits per heavy atom. The second kappa shape index (κ2) is 1.48. The molecule has 0 amide bonds. The molecule has 0 radical (unpaired) electrons. The van der Waals surface area contributed by atoms with Gasteiger partial charge in [0.25, 0.3) is 0 Å². The lowest BCUT2D eigenvalue weighted by molar-refractivity contribution is 0.238. The first-order valence-corrected chi connectivity index (χ1v) is 2.80. The minimum absolute atomic E-state index is 0.947. The molecule has 1 aliphatic rings. The van der Waals surface area contributed by atoms with E-state index in [1.54, 1.807) is 0 Å². The van der Waals surface area contributed by atoms with E-state index < -0.39 is 0 Å². The molecule has 2 heteroatoms. The summed E-state index contributed by atoms with van der Waals surface area (Å²) < 4.78 is 2.24. The van der Waals surface area contributed by atoms with E-state index in [-0.39, 0.29) is 0 Å². The van der Waals surface area contributed by atoms with Gasteiger partial charge < -0.3 is 0 Å². The van der Waals surface area contributed by atoms with Crippen molar-refractivity contribution in [3.63, 3.8) is 0 Å². The molecule has 0 spiro atoms. The van der Waals surface area contributed by atoms with Gasteiger partial charge in [0.05, 0.1) is 0 Å². The van der Waals surface area contributed by atoms with E-state index in [2.05, 4.69) is 21.0 Å². The molecule has 1 aliphatic heterocycles. The molecule has 6 heavy (non-hydrogen) atoms. The molecular weight excluding hydrogens is 93.0 g/mol. The molecule has 1 nitrogen and oxygen atoms in total. The molecule has 0 aromatic rings. The van der Waals surface area contributed by atoms with Crippen molar-refractivity contribution in [2.75, 3.05) is 13.1 Å². The quantitative estimate of drug-likeness (QED) is 0.408. The zero-order valence-electron chi connectivity index (χ0n) is 4.02. The van der Waals surface area contributed by atoms with E-state index in [0.29, 0.717) is 0 Å². The maximum Gasteiger partial charge on any atom is 0.00543 e. The van der Waals surface area contributed by atoms with Crippen LogP contribution in [0.4, 0.5) is 0 Å². The van der Waals surface area contributed by atoms with Gasteiger partial charge in [-0.05, 0) is 5.92 Å². The van der Waals surface area contributed by atoms with E-state index in [1.165, 1.54) is 13.1 Å². The molecule has 0 saturated carbocycles. The second-order valence-electron chi connectivity index (χ2n) is 2.06. The van der Waals surface area contributed by atoms with Crippen molar-refractivity contribution in [3.05, 3.63) is 0 Å². The van der Waals surface area contributed by atoms with E-state index in [0.717, 1.165) is 5.92 Å². The zero-order chi connectivity index (χ0) is 4.57. The van der Waals surface area contributed by atoms with Crippen molar-refractivity contribution in [2.24, 2.45) is 5.92 Å². The van der Waals surface area contributed by atoms with Crippen LogP contribution in [0.25, 0.3) is 0 Å². The molecule has 1 fully saturated rings. The molecule has 1 rings (SSSR count). The Balaban J connectivity index is 2.11. The SMILES string of the molecule is CC1CN(P)C1. The van der Waals surface area contributed by atoms with E-state index in [9.17, 15) is 0 Å². The van der Waals surface area contributed by atoms with Gasteiger partial charge in [0.2, 0.25) is 0 Å². The van der Waals surface area contributed by atoms with Crippen LogP contribution in [0, 0.1) is 5.92 Å². The monoisotopic (exact) mass is 103 g/mol. The van der Waals surface area contributed by atoms with Gasteiger partial charge in [0, 0.05) is 13.1 Å². The van der Waals surface area contributed by atoms with Gasteiger partial charge >= 0.3 is 0 Å². The fourth-order valence-corrected chi connectivity index (χ4v) is 1.47. The molecule has 0 aromatic heterocycles. The minimum atomic E-state index is 0.947. The molecule has 1 unspecified atom stereocenters. The van der Waals surface area contributed by atoms with Crippen LogP contribution in [0.3, 0.4) is 0 Å². The maximum absolute atomic E-state index is 2.68. The molecule has 0 N–H and O–H groups in total. The van der Waals surface area contributed by atoms with Crippen LogP contribution in [-0.4, -0.2) is 17.8 Å². The molecular formula is C4H10NP. The molecule has 1 saturated heterocycles. The number of nitrogens with zero attached hydrogens (tertiary/aromatic N) is 1.